The van der Waals surface area contributed by atoms with Gasteiger partial charge >= 0.3 is 0 Å². The molecule has 0 radical (unpaired) electrons. The average molecular weight is 467 g/mol. The van der Waals surface area contributed by atoms with E-state index in [1.165, 1.54) is 0 Å². The standard InChI is InChI=1S/C25H20Cl2N2O3/c26-15-4-3-14(21(27)9-15)12-32-16-5-1-13(2-6-16)11-28-29-24(30)22-17-7-8-18(20-10-19(17)20)23(22)25(29)31/h1-9,11,17-20,22-23H,10,12H2/t17-,18-,19-,20-,22-,23+/m0/s1. The van der Waals surface area contributed by atoms with Gasteiger partial charge in [0.05, 0.1) is 18.1 Å². The van der Waals surface area contributed by atoms with Crippen molar-refractivity contribution in [3.8, 4) is 5.75 Å². The van der Waals surface area contributed by atoms with Crippen molar-refractivity contribution >= 4 is 41.2 Å². The van der Waals surface area contributed by atoms with Gasteiger partial charge < -0.3 is 4.74 Å². The van der Waals surface area contributed by atoms with Gasteiger partial charge in [0.1, 0.15) is 12.4 Å². The van der Waals surface area contributed by atoms with Crippen molar-refractivity contribution in [2.45, 2.75) is 13.0 Å². The molecule has 0 aromatic heterocycles. The van der Waals surface area contributed by atoms with Crippen LogP contribution in [0.2, 0.25) is 10.0 Å². The molecule has 1 aliphatic heterocycles. The molecule has 0 N–H and O–H groups in total. The van der Waals surface area contributed by atoms with Crippen molar-refractivity contribution in [2.75, 3.05) is 0 Å². The van der Waals surface area contributed by atoms with E-state index in [0.29, 0.717) is 34.2 Å². The fourth-order valence-corrected chi connectivity index (χ4v) is 6.09. The van der Waals surface area contributed by atoms with Gasteiger partial charge in [-0.1, -0.05) is 41.4 Å². The zero-order valence-corrected chi connectivity index (χ0v) is 18.5. The van der Waals surface area contributed by atoms with Gasteiger partial charge in [0.2, 0.25) is 0 Å². The number of halogens is 2. The third kappa shape index (κ3) is 3.18. The Morgan fingerprint density at radius 2 is 1.62 bits per heavy atom. The van der Waals surface area contributed by atoms with Crippen LogP contribution in [0.3, 0.4) is 0 Å². The highest BCUT2D eigenvalue weighted by atomic mass is 35.5. The smallest absolute Gasteiger partial charge is 0.254 e. The molecule has 2 aromatic carbocycles. The van der Waals surface area contributed by atoms with Crippen LogP contribution in [-0.2, 0) is 16.2 Å². The largest absolute Gasteiger partial charge is 0.489 e. The topological polar surface area (TPSA) is 59.0 Å². The first-order chi connectivity index (χ1) is 15.5. The minimum absolute atomic E-state index is 0.152. The molecule has 0 spiro atoms. The summed E-state index contributed by atoms with van der Waals surface area (Å²) in [4.78, 5) is 25.9. The molecule has 5 nitrogen and oxygen atoms in total. The lowest BCUT2D eigenvalue weighted by atomic mass is 9.63. The molecule has 2 amide bonds. The number of imide groups is 1. The summed E-state index contributed by atoms with van der Waals surface area (Å²) in [6.45, 7) is 0.321. The van der Waals surface area contributed by atoms with Crippen molar-refractivity contribution in [1.29, 1.82) is 0 Å². The van der Waals surface area contributed by atoms with Crippen molar-refractivity contribution < 1.29 is 14.3 Å². The third-order valence-corrected chi connectivity index (χ3v) is 7.84. The summed E-state index contributed by atoms with van der Waals surface area (Å²) >= 11 is 12.1. The predicted octanol–water partition coefficient (Wildman–Crippen LogP) is 4.96. The number of amides is 2. The summed E-state index contributed by atoms with van der Waals surface area (Å²) in [5.74, 6) is 1.50. The Morgan fingerprint density at radius 1 is 0.969 bits per heavy atom. The maximum atomic E-state index is 13.0. The van der Waals surface area contributed by atoms with Crippen LogP contribution >= 0.6 is 23.2 Å². The first-order valence-corrected chi connectivity index (χ1v) is 11.5. The SMILES string of the molecule is O=C1[C@@H]2[C@H]3C=C[C@@H]([C@@H]4C[C@@H]34)[C@@H]2C(=O)N1N=Cc1ccc(OCc2ccc(Cl)cc2Cl)cc1. The van der Waals surface area contributed by atoms with Gasteiger partial charge in [-0.2, -0.15) is 10.1 Å². The summed E-state index contributed by atoms with van der Waals surface area (Å²) in [7, 11) is 0. The van der Waals surface area contributed by atoms with Crippen molar-refractivity contribution in [3.63, 3.8) is 0 Å². The summed E-state index contributed by atoms with van der Waals surface area (Å²) < 4.78 is 5.79. The molecule has 7 rings (SSSR count). The molecule has 2 aromatic rings. The normalized spacial score (nSPS) is 31.9. The van der Waals surface area contributed by atoms with E-state index in [2.05, 4.69) is 17.3 Å². The number of hydrazone groups is 1. The number of carbonyl (C=O) groups is 2. The highest BCUT2D eigenvalue weighted by molar-refractivity contribution is 6.35. The zero-order valence-electron chi connectivity index (χ0n) is 17.0. The first kappa shape index (κ1) is 20.0. The Morgan fingerprint density at radius 3 is 2.25 bits per heavy atom. The summed E-state index contributed by atoms with van der Waals surface area (Å²) in [6, 6.07) is 12.6. The number of nitrogens with zero attached hydrogens (tertiary/aromatic N) is 2. The second-order valence-electron chi connectivity index (χ2n) is 8.98. The zero-order chi connectivity index (χ0) is 22.0. The molecule has 3 fully saturated rings. The predicted molar refractivity (Wildman–Crippen MR) is 121 cm³/mol. The Bertz CT molecular complexity index is 1140. The molecule has 2 bridgehead atoms. The summed E-state index contributed by atoms with van der Waals surface area (Å²) in [6.07, 6.45) is 7.03. The van der Waals surface area contributed by atoms with Crippen LogP contribution < -0.4 is 4.74 Å². The maximum absolute atomic E-state index is 13.0. The lowest BCUT2D eigenvalue weighted by molar-refractivity contribution is -0.140. The Kier molecular flexibility index (Phi) is 4.67. The highest BCUT2D eigenvalue weighted by Crippen LogP contribution is 2.65. The maximum Gasteiger partial charge on any atom is 0.254 e. The second-order valence-corrected chi connectivity index (χ2v) is 9.82. The monoisotopic (exact) mass is 466 g/mol. The molecule has 32 heavy (non-hydrogen) atoms. The molecule has 0 unspecified atom stereocenters. The van der Waals surface area contributed by atoms with Crippen LogP contribution in [0.15, 0.2) is 59.7 Å². The van der Waals surface area contributed by atoms with E-state index in [1.807, 2.05) is 30.3 Å². The second kappa shape index (κ2) is 7.46. The van der Waals surface area contributed by atoms with Crippen LogP contribution in [0.1, 0.15) is 17.5 Å². The quantitative estimate of drug-likeness (QED) is 0.355. The first-order valence-electron chi connectivity index (χ1n) is 10.8. The molecule has 5 aliphatic rings. The molecule has 7 heteroatoms. The summed E-state index contributed by atoms with van der Waals surface area (Å²) in [5.41, 5.74) is 1.62. The lowest BCUT2D eigenvalue weighted by Crippen LogP contribution is -2.40. The number of hydrogen-bond donors (Lipinski definition) is 0. The van der Waals surface area contributed by atoms with Crippen LogP contribution in [-0.4, -0.2) is 23.0 Å². The fraction of sp³-hybridized carbons (Fsp3) is 0.320. The number of carbonyl (C=O) groups excluding carboxylic acids is 2. The Hall–Kier alpha value is -2.63. The molecule has 2 saturated carbocycles. The highest BCUT2D eigenvalue weighted by Gasteiger charge is 2.67. The third-order valence-electron chi connectivity index (χ3n) is 7.25. The molecule has 1 saturated heterocycles. The van der Waals surface area contributed by atoms with E-state index in [9.17, 15) is 9.59 Å². The van der Waals surface area contributed by atoms with Gasteiger partial charge in [-0.25, -0.2) is 0 Å². The lowest BCUT2D eigenvalue weighted by Gasteiger charge is -2.37. The Balaban J connectivity index is 1.12. The molecular formula is C25H20Cl2N2O3. The van der Waals surface area contributed by atoms with E-state index in [0.717, 1.165) is 22.6 Å². The van der Waals surface area contributed by atoms with Gasteiger partial charge in [-0.15, -0.1) is 0 Å². The van der Waals surface area contributed by atoms with Crippen LogP contribution in [0, 0.1) is 35.5 Å². The number of hydrogen-bond acceptors (Lipinski definition) is 4. The minimum Gasteiger partial charge on any atom is -0.489 e. The van der Waals surface area contributed by atoms with E-state index in [-0.39, 0.29) is 35.5 Å². The van der Waals surface area contributed by atoms with Gasteiger partial charge in [0.15, 0.2) is 0 Å². The minimum atomic E-state index is -0.228. The fourth-order valence-electron chi connectivity index (χ4n) is 5.63. The van der Waals surface area contributed by atoms with E-state index >= 15 is 0 Å². The van der Waals surface area contributed by atoms with Gasteiger partial charge in [0, 0.05) is 15.6 Å². The number of ether oxygens (including phenoxy) is 1. The number of benzene rings is 2. The van der Waals surface area contributed by atoms with E-state index in [1.54, 1.807) is 18.3 Å². The molecule has 1 heterocycles. The van der Waals surface area contributed by atoms with Crippen LogP contribution in [0.5, 0.6) is 5.75 Å². The van der Waals surface area contributed by atoms with Gasteiger partial charge in [-0.3, -0.25) is 9.59 Å². The van der Waals surface area contributed by atoms with Gasteiger partial charge in [0.25, 0.3) is 11.8 Å². The van der Waals surface area contributed by atoms with Crippen LogP contribution in [0.4, 0.5) is 0 Å². The molecule has 4 aliphatic carbocycles. The van der Waals surface area contributed by atoms with E-state index < -0.39 is 0 Å². The van der Waals surface area contributed by atoms with Crippen molar-refractivity contribution in [2.24, 2.45) is 40.6 Å². The Labute approximate surface area is 195 Å². The molecular weight excluding hydrogens is 447 g/mol. The van der Waals surface area contributed by atoms with Gasteiger partial charge in [-0.05, 0) is 72.1 Å². The van der Waals surface area contributed by atoms with Crippen molar-refractivity contribution in [3.05, 3.63) is 75.8 Å². The van der Waals surface area contributed by atoms with Crippen molar-refractivity contribution in [1.82, 2.24) is 5.01 Å². The summed E-state index contributed by atoms with van der Waals surface area (Å²) in [5, 5.41) is 6.51. The van der Waals surface area contributed by atoms with E-state index in [4.69, 9.17) is 27.9 Å². The average Bonchev–Trinajstić information content (AvgIpc) is 3.57. The molecule has 162 valence electrons. The van der Waals surface area contributed by atoms with Crippen LogP contribution in [0.25, 0.3) is 0 Å². The number of allylic oxidation sites excluding steroid dienone is 2. The molecule has 6 atom stereocenters. The number of rotatable bonds is 5.